The molecule has 4 rings (SSSR count). The van der Waals surface area contributed by atoms with E-state index in [1.165, 1.54) is 0 Å². The van der Waals surface area contributed by atoms with Gasteiger partial charge in [-0.1, -0.05) is 33.8 Å². The maximum atomic E-state index is 5.77. The van der Waals surface area contributed by atoms with E-state index < -0.39 is 0 Å². The van der Waals surface area contributed by atoms with Crippen LogP contribution in [-0.4, -0.2) is 25.0 Å². The first-order chi connectivity index (χ1) is 12.7. The molecule has 0 aliphatic heterocycles. The van der Waals surface area contributed by atoms with Gasteiger partial charge in [0.15, 0.2) is 11.0 Å². The van der Waals surface area contributed by atoms with Gasteiger partial charge in [0.05, 0.1) is 10.6 Å². The van der Waals surface area contributed by atoms with Crippen molar-refractivity contribution in [3.63, 3.8) is 0 Å². The summed E-state index contributed by atoms with van der Waals surface area (Å²) >= 11 is 6.62. The van der Waals surface area contributed by atoms with Gasteiger partial charge in [-0.15, -0.1) is 31.7 Å². The number of thiophene rings is 1. The molecule has 4 aromatic rings. The standard InChI is InChI=1S/C17H14BrN5OS2/c1-2-23-15(13-4-3-9-25-13)20-22-17(23)26-10-14-19-21-16(24-14)11-5-7-12(18)8-6-11/h3-9H,2,10H2,1H3. The lowest BCUT2D eigenvalue weighted by molar-refractivity contribution is 0.528. The Morgan fingerprint density at radius 2 is 1.96 bits per heavy atom. The molecular weight excluding hydrogens is 434 g/mol. The van der Waals surface area contributed by atoms with E-state index in [4.69, 9.17) is 4.42 Å². The molecule has 26 heavy (non-hydrogen) atoms. The van der Waals surface area contributed by atoms with Gasteiger partial charge in [-0.05, 0) is 42.6 Å². The fourth-order valence-corrected chi connectivity index (χ4v) is 4.24. The molecule has 0 fully saturated rings. The molecule has 0 spiro atoms. The Labute approximate surface area is 166 Å². The van der Waals surface area contributed by atoms with Gasteiger partial charge in [0.2, 0.25) is 11.8 Å². The highest BCUT2D eigenvalue weighted by Gasteiger charge is 2.15. The topological polar surface area (TPSA) is 69.6 Å². The molecule has 6 nitrogen and oxygen atoms in total. The van der Waals surface area contributed by atoms with E-state index in [1.54, 1.807) is 23.1 Å². The number of thioether (sulfide) groups is 1. The van der Waals surface area contributed by atoms with Crippen LogP contribution >= 0.6 is 39.0 Å². The summed E-state index contributed by atoms with van der Waals surface area (Å²) in [6, 6.07) is 11.8. The quantitative estimate of drug-likeness (QED) is 0.381. The second kappa shape index (κ2) is 7.73. The summed E-state index contributed by atoms with van der Waals surface area (Å²) in [4.78, 5) is 1.11. The van der Waals surface area contributed by atoms with E-state index in [0.29, 0.717) is 17.5 Å². The van der Waals surface area contributed by atoms with E-state index in [-0.39, 0.29) is 0 Å². The van der Waals surface area contributed by atoms with Crippen LogP contribution in [0.2, 0.25) is 0 Å². The molecule has 1 aromatic carbocycles. The molecule has 9 heteroatoms. The van der Waals surface area contributed by atoms with Crippen molar-refractivity contribution in [1.82, 2.24) is 25.0 Å². The largest absolute Gasteiger partial charge is 0.420 e. The highest BCUT2D eigenvalue weighted by molar-refractivity contribution is 9.10. The average Bonchev–Trinajstić information content (AvgIpc) is 3.40. The van der Waals surface area contributed by atoms with Crippen LogP contribution in [0.15, 0.2) is 55.8 Å². The van der Waals surface area contributed by atoms with E-state index in [2.05, 4.69) is 53.9 Å². The van der Waals surface area contributed by atoms with Gasteiger partial charge in [0.25, 0.3) is 0 Å². The molecule has 3 heterocycles. The number of rotatable bonds is 6. The van der Waals surface area contributed by atoms with Gasteiger partial charge >= 0.3 is 0 Å². The molecule has 0 saturated heterocycles. The van der Waals surface area contributed by atoms with Crippen LogP contribution in [0.4, 0.5) is 0 Å². The molecule has 0 atom stereocenters. The fraction of sp³-hybridized carbons (Fsp3) is 0.176. The maximum Gasteiger partial charge on any atom is 0.247 e. The smallest absolute Gasteiger partial charge is 0.247 e. The van der Waals surface area contributed by atoms with Crippen LogP contribution in [0.1, 0.15) is 12.8 Å². The van der Waals surface area contributed by atoms with Crippen molar-refractivity contribution in [2.24, 2.45) is 0 Å². The Morgan fingerprint density at radius 3 is 2.69 bits per heavy atom. The van der Waals surface area contributed by atoms with Gasteiger partial charge < -0.3 is 8.98 Å². The number of hydrogen-bond donors (Lipinski definition) is 0. The minimum Gasteiger partial charge on any atom is -0.420 e. The van der Waals surface area contributed by atoms with Crippen molar-refractivity contribution in [1.29, 1.82) is 0 Å². The van der Waals surface area contributed by atoms with E-state index in [1.807, 2.05) is 35.7 Å². The lowest BCUT2D eigenvalue weighted by Gasteiger charge is -2.04. The normalized spacial score (nSPS) is 11.2. The zero-order valence-electron chi connectivity index (χ0n) is 13.8. The Bertz CT molecular complexity index is 995. The van der Waals surface area contributed by atoms with E-state index in [9.17, 15) is 0 Å². The molecule has 0 radical (unpaired) electrons. The molecule has 0 aliphatic rings. The van der Waals surface area contributed by atoms with Crippen LogP contribution in [0.5, 0.6) is 0 Å². The van der Waals surface area contributed by atoms with Crippen LogP contribution < -0.4 is 0 Å². The summed E-state index contributed by atoms with van der Waals surface area (Å²) in [7, 11) is 0. The predicted molar refractivity (Wildman–Crippen MR) is 106 cm³/mol. The maximum absolute atomic E-state index is 5.77. The Hall–Kier alpha value is -1.97. The summed E-state index contributed by atoms with van der Waals surface area (Å²) < 4.78 is 8.88. The first-order valence-electron chi connectivity index (χ1n) is 7.93. The predicted octanol–water partition coefficient (Wildman–Crippen LogP) is 5.13. The summed E-state index contributed by atoms with van der Waals surface area (Å²) in [6.45, 7) is 2.89. The molecule has 3 aromatic heterocycles. The Morgan fingerprint density at radius 1 is 1.12 bits per heavy atom. The lowest BCUT2D eigenvalue weighted by atomic mass is 10.2. The van der Waals surface area contributed by atoms with Crippen molar-refractivity contribution in [3.05, 3.63) is 52.1 Å². The third kappa shape index (κ3) is 3.60. The van der Waals surface area contributed by atoms with Crippen molar-refractivity contribution >= 4 is 39.0 Å². The van der Waals surface area contributed by atoms with Crippen molar-refractivity contribution in [2.45, 2.75) is 24.4 Å². The summed E-state index contributed by atoms with van der Waals surface area (Å²) in [5, 5.41) is 19.8. The molecule has 0 aliphatic carbocycles. The second-order valence-corrected chi connectivity index (χ2v) is 8.13. The van der Waals surface area contributed by atoms with Gasteiger partial charge in [0, 0.05) is 16.6 Å². The highest BCUT2D eigenvalue weighted by atomic mass is 79.9. The highest BCUT2D eigenvalue weighted by Crippen LogP contribution is 2.29. The van der Waals surface area contributed by atoms with Crippen LogP contribution in [0, 0.1) is 0 Å². The van der Waals surface area contributed by atoms with Crippen molar-refractivity contribution in [3.8, 4) is 22.2 Å². The van der Waals surface area contributed by atoms with Crippen LogP contribution in [0.3, 0.4) is 0 Å². The van der Waals surface area contributed by atoms with Crippen molar-refractivity contribution in [2.75, 3.05) is 0 Å². The Balaban J connectivity index is 1.49. The molecule has 0 saturated carbocycles. The molecule has 0 bridgehead atoms. The van der Waals surface area contributed by atoms with Gasteiger partial charge in [-0.3, -0.25) is 0 Å². The van der Waals surface area contributed by atoms with Gasteiger partial charge in [-0.2, -0.15) is 0 Å². The lowest BCUT2D eigenvalue weighted by Crippen LogP contribution is -1.99. The third-order valence-corrected chi connectivity index (χ3v) is 6.00. The van der Waals surface area contributed by atoms with Crippen molar-refractivity contribution < 1.29 is 4.42 Å². The summed E-state index contributed by atoms with van der Waals surface area (Å²) in [6.07, 6.45) is 0. The SMILES string of the molecule is CCn1c(SCc2nnc(-c3ccc(Br)cc3)o2)nnc1-c1cccs1. The molecule has 0 unspecified atom stereocenters. The summed E-state index contributed by atoms with van der Waals surface area (Å²) in [5.74, 6) is 2.53. The van der Waals surface area contributed by atoms with Crippen LogP contribution in [-0.2, 0) is 12.3 Å². The van der Waals surface area contributed by atoms with Crippen LogP contribution in [0.25, 0.3) is 22.2 Å². The zero-order chi connectivity index (χ0) is 17.9. The number of hydrogen-bond acceptors (Lipinski definition) is 7. The Kier molecular flexibility index (Phi) is 5.18. The number of nitrogens with zero attached hydrogens (tertiary/aromatic N) is 5. The molecule has 0 N–H and O–H groups in total. The minimum atomic E-state index is 0.518. The second-order valence-electron chi connectivity index (χ2n) is 5.32. The van der Waals surface area contributed by atoms with E-state index >= 15 is 0 Å². The molecule has 0 amide bonds. The number of halogens is 1. The minimum absolute atomic E-state index is 0.518. The number of aromatic nitrogens is 5. The van der Waals surface area contributed by atoms with Gasteiger partial charge in [-0.25, -0.2) is 0 Å². The molecular formula is C17H14BrN5OS2. The third-order valence-electron chi connectivity index (χ3n) is 3.66. The first kappa shape index (κ1) is 17.4. The fourth-order valence-electron chi connectivity index (χ4n) is 2.42. The monoisotopic (exact) mass is 447 g/mol. The zero-order valence-corrected chi connectivity index (χ0v) is 17.0. The molecule has 132 valence electrons. The summed E-state index contributed by atoms with van der Waals surface area (Å²) in [5.41, 5.74) is 0.897. The van der Waals surface area contributed by atoms with Gasteiger partial charge in [0.1, 0.15) is 0 Å². The van der Waals surface area contributed by atoms with E-state index in [0.717, 1.165) is 32.4 Å². The average molecular weight is 448 g/mol. The number of benzene rings is 1. The first-order valence-corrected chi connectivity index (χ1v) is 10.6.